The minimum atomic E-state index is 0.291. The number of imidazole rings is 1. The zero-order valence-electron chi connectivity index (χ0n) is 18.3. The Bertz CT molecular complexity index is 1140. The van der Waals surface area contributed by atoms with Crippen molar-refractivity contribution in [1.82, 2.24) is 19.2 Å². The van der Waals surface area contributed by atoms with Gasteiger partial charge < -0.3 is 9.30 Å². The van der Waals surface area contributed by atoms with Crippen LogP contribution >= 0.6 is 11.6 Å². The third kappa shape index (κ3) is 3.61. The Balaban J connectivity index is 1.29. The van der Waals surface area contributed by atoms with Crippen LogP contribution < -0.4 is 0 Å². The smallest absolute Gasteiger partial charge is 0.225 e. The van der Waals surface area contributed by atoms with Gasteiger partial charge in [0.15, 0.2) is 0 Å². The quantitative estimate of drug-likeness (QED) is 0.571. The fourth-order valence-electron chi connectivity index (χ4n) is 5.70. The van der Waals surface area contributed by atoms with Crippen LogP contribution in [0.5, 0.6) is 0 Å². The summed E-state index contributed by atoms with van der Waals surface area (Å²) in [6, 6.07) is 14.5. The molecule has 3 aromatic rings. The van der Waals surface area contributed by atoms with Crippen LogP contribution in [0, 0.1) is 11.8 Å². The number of likely N-dealkylation sites (tertiary alicyclic amines) is 2. The molecule has 0 spiro atoms. The van der Waals surface area contributed by atoms with E-state index in [-0.39, 0.29) is 0 Å². The maximum absolute atomic E-state index is 13.0. The van der Waals surface area contributed by atoms with Gasteiger partial charge in [0.2, 0.25) is 5.91 Å². The van der Waals surface area contributed by atoms with Gasteiger partial charge in [0.25, 0.3) is 0 Å². The molecule has 3 aliphatic rings. The maximum Gasteiger partial charge on any atom is 0.225 e. The number of rotatable bonds is 4. The summed E-state index contributed by atoms with van der Waals surface area (Å²) in [5.74, 6) is 1.36. The summed E-state index contributed by atoms with van der Waals surface area (Å²) in [5, 5.41) is 0.735. The second-order valence-electron chi connectivity index (χ2n) is 9.74. The van der Waals surface area contributed by atoms with E-state index in [0.29, 0.717) is 23.8 Å². The number of hydrogen-bond acceptors (Lipinski definition) is 3. The number of fused-ring (bicyclic) bond motifs is 3. The van der Waals surface area contributed by atoms with Crippen molar-refractivity contribution in [2.75, 3.05) is 19.6 Å². The first-order valence-electron chi connectivity index (χ1n) is 11.9. The Hall–Kier alpha value is -2.37. The van der Waals surface area contributed by atoms with Crippen molar-refractivity contribution >= 4 is 23.2 Å². The predicted octanol–water partition coefficient (Wildman–Crippen LogP) is 4.88. The van der Waals surface area contributed by atoms with Crippen LogP contribution in [0.1, 0.15) is 37.8 Å². The van der Waals surface area contributed by atoms with Gasteiger partial charge in [-0.15, -0.1) is 0 Å². The molecule has 4 heterocycles. The van der Waals surface area contributed by atoms with E-state index in [1.54, 1.807) is 0 Å². The van der Waals surface area contributed by atoms with Crippen molar-refractivity contribution in [3.05, 3.63) is 59.4 Å². The highest BCUT2D eigenvalue weighted by Gasteiger charge is 2.41. The molecular formula is C26H29ClN4O. The molecule has 166 valence electrons. The van der Waals surface area contributed by atoms with Crippen LogP contribution in [0.2, 0.25) is 5.02 Å². The summed E-state index contributed by atoms with van der Waals surface area (Å²) in [5.41, 5.74) is 4.28. The lowest BCUT2D eigenvalue weighted by Gasteiger charge is -2.36. The van der Waals surface area contributed by atoms with E-state index in [0.717, 1.165) is 73.8 Å². The largest absolute Gasteiger partial charge is 0.338 e. The second-order valence-corrected chi connectivity index (χ2v) is 10.2. The highest BCUT2D eigenvalue weighted by molar-refractivity contribution is 6.30. The highest BCUT2D eigenvalue weighted by Crippen LogP contribution is 2.36. The monoisotopic (exact) mass is 448 g/mol. The summed E-state index contributed by atoms with van der Waals surface area (Å²) in [7, 11) is 0. The van der Waals surface area contributed by atoms with Gasteiger partial charge >= 0.3 is 0 Å². The maximum atomic E-state index is 13.0. The predicted molar refractivity (Wildman–Crippen MR) is 126 cm³/mol. The third-order valence-electron chi connectivity index (χ3n) is 7.68. The molecular weight excluding hydrogens is 420 g/mol. The van der Waals surface area contributed by atoms with E-state index in [1.807, 2.05) is 18.2 Å². The summed E-state index contributed by atoms with van der Waals surface area (Å²) in [4.78, 5) is 22.8. The topological polar surface area (TPSA) is 40.9 Å². The first kappa shape index (κ1) is 20.3. The number of benzene rings is 1. The Morgan fingerprint density at radius 1 is 1.06 bits per heavy atom. The molecule has 1 aromatic carbocycles. The fraction of sp³-hybridized carbons (Fsp3) is 0.462. The van der Waals surface area contributed by atoms with Gasteiger partial charge in [0.05, 0.1) is 11.4 Å². The average molecular weight is 449 g/mol. The molecule has 2 aromatic heterocycles. The molecule has 2 saturated heterocycles. The molecule has 2 unspecified atom stereocenters. The number of aromatic nitrogens is 2. The number of amides is 1. The van der Waals surface area contributed by atoms with E-state index in [9.17, 15) is 4.79 Å². The molecule has 3 fully saturated rings. The lowest BCUT2D eigenvalue weighted by atomic mass is 9.84. The Kier molecular flexibility index (Phi) is 5.19. The van der Waals surface area contributed by atoms with Crippen LogP contribution in [-0.4, -0.2) is 50.8 Å². The van der Waals surface area contributed by atoms with Crippen molar-refractivity contribution in [2.24, 2.45) is 11.8 Å². The van der Waals surface area contributed by atoms with E-state index < -0.39 is 0 Å². The molecule has 1 amide bonds. The summed E-state index contributed by atoms with van der Waals surface area (Å²) >= 11 is 6.14. The fourth-order valence-corrected chi connectivity index (χ4v) is 5.83. The SMILES string of the molecule is O=C(C1CCC1)N1CC2CCN(Cc3c(-c4ccc(Cl)cc4)nc4ccccn34)CC1C2. The lowest BCUT2D eigenvalue weighted by molar-refractivity contribution is -0.139. The number of hydrogen-bond donors (Lipinski definition) is 0. The van der Waals surface area contributed by atoms with E-state index >= 15 is 0 Å². The van der Waals surface area contributed by atoms with Gasteiger partial charge in [-0.05, 0) is 62.4 Å². The Labute approximate surface area is 194 Å². The molecule has 0 radical (unpaired) electrons. The molecule has 1 saturated carbocycles. The van der Waals surface area contributed by atoms with E-state index in [1.165, 1.54) is 12.1 Å². The van der Waals surface area contributed by atoms with Crippen LogP contribution in [0.3, 0.4) is 0 Å². The van der Waals surface area contributed by atoms with Crippen LogP contribution in [0.15, 0.2) is 48.7 Å². The molecule has 2 bridgehead atoms. The van der Waals surface area contributed by atoms with Crippen molar-refractivity contribution in [2.45, 2.75) is 44.7 Å². The number of carbonyl (C=O) groups is 1. The van der Waals surface area contributed by atoms with Crippen LogP contribution in [0.25, 0.3) is 16.9 Å². The van der Waals surface area contributed by atoms with Crippen LogP contribution in [0.4, 0.5) is 0 Å². The van der Waals surface area contributed by atoms with Gasteiger partial charge in [-0.3, -0.25) is 9.69 Å². The summed E-state index contributed by atoms with van der Waals surface area (Å²) in [6.45, 7) is 3.83. The lowest BCUT2D eigenvalue weighted by Crippen LogP contribution is -2.47. The van der Waals surface area contributed by atoms with Gasteiger partial charge in [0, 0.05) is 48.4 Å². The zero-order valence-corrected chi connectivity index (χ0v) is 19.0. The first-order valence-corrected chi connectivity index (χ1v) is 12.3. The minimum Gasteiger partial charge on any atom is -0.338 e. The minimum absolute atomic E-state index is 0.291. The first-order chi connectivity index (χ1) is 15.7. The zero-order chi connectivity index (χ0) is 21.7. The molecule has 6 rings (SSSR count). The molecule has 0 N–H and O–H groups in total. The highest BCUT2D eigenvalue weighted by atomic mass is 35.5. The summed E-state index contributed by atoms with van der Waals surface area (Å²) < 4.78 is 2.21. The van der Waals surface area contributed by atoms with Gasteiger partial charge in [-0.2, -0.15) is 0 Å². The van der Waals surface area contributed by atoms with Gasteiger partial charge in [-0.25, -0.2) is 4.98 Å². The Morgan fingerprint density at radius 3 is 2.69 bits per heavy atom. The third-order valence-corrected chi connectivity index (χ3v) is 7.93. The van der Waals surface area contributed by atoms with Crippen molar-refractivity contribution < 1.29 is 4.79 Å². The molecule has 2 atom stereocenters. The van der Waals surface area contributed by atoms with Crippen molar-refractivity contribution in [1.29, 1.82) is 0 Å². The normalized spacial score (nSPS) is 24.0. The average Bonchev–Trinajstić information content (AvgIpc) is 3.25. The van der Waals surface area contributed by atoms with Gasteiger partial charge in [0.1, 0.15) is 5.65 Å². The number of pyridine rings is 1. The van der Waals surface area contributed by atoms with Crippen molar-refractivity contribution in [3.8, 4) is 11.3 Å². The van der Waals surface area contributed by atoms with E-state index in [4.69, 9.17) is 16.6 Å². The molecule has 1 aliphatic carbocycles. The van der Waals surface area contributed by atoms with E-state index in [2.05, 4.69) is 44.7 Å². The van der Waals surface area contributed by atoms with Crippen molar-refractivity contribution in [3.63, 3.8) is 0 Å². The molecule has 6 heteroatoms. The second kappa shape index (κ2) is 8.20. The number of carbonyl (C=O) groups excluding carboxylic acids is 1. The number of halogens is 1. The van der Waals surface area contributed by atoms with Gasteiger partial charge in [-0.1, -0.05) is 36.2 Å². The molecule has 2 aliphatic heterocycles. The molecule has 32 heavy (non-hydrogen) atoms. The van der Waals surface area contributed by atoms with Crippen LogP contribution in [-0.2, 0) is 11.3 Å². The Morgan fingerprint density at radius 2 is 1.91 bits per heavy atom. The standard InChI is InChI=1S/C26H29ClN4O/c27-21-9-7-19(8-10-21)25-23(30-12-2-1-6-24(30)28-25)17-29-13-11-18-14-22(16-29)31(15-18)26(32)20-4-3-5-20/h1-2,6-10,12,18,20,22H,3-5,11,13-17H2. The summed E-state index contributed by atoms with van der Waals surface area (Å²) in [6.07, 6.45) is 7.81. The number of nitrogens with zero attached hydrogens (tertiary/aromatic N) is 4. The molecule has 5 nitrogen and oxygen atoms in total.